The van der Waals surface area contributed by atoms with Crippen molar-refractivity contribution in [2.45, 2.75) is 6.42 Å². The summed E-state index contributed by atoms with van der Waals surface area (Å²) in [4.78, 5) is 9.66. The Hall–Kier alpha value is -0.610. The molecule has 0 heterocycles. The number of hydrogen-bond acceptors (Lipinski definition) is 3. The van der Waals surface area contributed by atoms with Crippen molar-refractivity contribution in [1.82, 2.24) is 0 Å². The number of aliphatic hydroxyl groups excluding tert-OH is 1. The molecule has 0 aromatic carbocycles. The first-order chi connectivity index (χ1) is 3.77. The molecule has 0 rings (SSSR count). The normalized spacial score (nSPS) is 6.88. The maximum absolute atomic E-state index is 9.66. The van der Waals surface area contributed by atoms with E-state index in [0.717, 1.165) is 0 Å². The average molecular weight is 120 g/mol. The minimum atomic E-state index is -0.461. The lowest BCUT2D eigenvalue weighted by Gasteiger charge is -1.81. The van der Waals surface area contributed by atoms with Crippen LogP contribution in [0.3, 0.4) is 0 Å². The van der Waals surface area contributed by atoms with E-state index in [-0.39, 0.29) is 13.0 Å². The Kier molecular flexibility index (Phi) is 12.5. The second-order valence-corrected chi connectivity index (χ2v) is 0.940. The van der Waals surface area contributed by atoms with Gasteiger partial charge in [-0.1, -0.05) is 0 Å². The first-order valence-electron chi connectivity index (χ1n) is 2.24. The Labute approximate surface area is 48.5 Å². The lowest BCUT2D eigenvalue weighted by atomic mass is 10.4. The van der Waals surface area contributed by atoms with Gasteiger partial charge < -0.3 is 16.6 Å². The number of rotatable bonds is 2. The molecular formula is C4H12N2O2. The van der Waals surface area contributed by atoms with Crippen LogP contribution in [-0.4, -0.2) is 24.7 Å². The fourth-order valence-corrected chi connectivity index (χ4v) is 0.110. The summed E-state index contributed by atoms with van der Waals surface area (Å²) in [7, 11) is 1.50. The Morgan fingerprint density at radius 2 is 2.00 bits per heavy atom. The van der Waals surface area contributed by atoms with Gasteiger partial charge in [0.1, 0.15) is 0 Å². The molecule has 0 aromatic rings. The number of amides is 1. The fraction of sp³-hybridized carbons (Fsp3) is 0.750. The van der Waals surface area contributed by atoms with Crippen LogP contribution in [-0.2, 0) is 4.79 Å². The third-order valence-corrected chi connectivity index (χ3v) is 0.358. The van der Waals surface area contributed by atoms with Gasteiger partial charge in [0, 0.05) is 6.42 Å². The predicted octanol–water partition coefficient (Wildman–Crippen LogP) is -1.57. The summed E-state index contributed by atoms with van der Waals surface area (Å²) in [5.74, 6) is -0.461. The number of nitrogens with two attached hydrogens (primary N) is 2. The highest BCUT2D eigenvalue weighted by Crippen LogP contribution is 1.66. The van der Waals surface area contributed by atoms with E-state index in [1.807, 2.05) is 0 Å². The minimum Gasteiger partial charge on any atom is -0.396 e. The van der Waals surface area contributed by atoms with Crippen LogP contribution in [0.5, 0.6) is 0 Å². The number of aliphatic hydroxyl groups is 1. The molecule has 1 amide bonds. The lowest BCUT2D eigenvalue weighted by Crippen LogP contribution is -2.11. The van der Waals surface area contributed by atoms with Crippen molar-refractivity contribution in [1.29, 1.82) is 0 Å². The van der Waals surface area contributed by atoms with Crippen molar-refractivity contribution in [3.05, 3.63) is 0 Å². The zero-order valence-electron chi connectivity index (χ0n) is 4.92. The molecule has 0 aliphatic carbocycles. The van der Waals surface area contributed by atoms with Gasteiger partial charge in [0.25, 0.3) is 0 Å². The summed E-state index contributed by atoms with van der Waals surface area (Å²) in [6, 6.07) is 0. The van der Waals surface area contributed by atoms with Gasteiger partial charge in [-0.05, 0) is 7.05 Å². The number of carbonyl (C=O) groups excluding carboxylic acids is 1. The lowest BCUT2D eigenvalue weighted by molar-refractivity contribution is -0.118. The van der Waals surface area contributed by atoms with Crippen molar-refractivity contribution in [2.75, 3.05) is 13.7 Å². The zero-order chi connectivity index (χ0) is 6.99. The molecule has 0 fully saturated rings. The molecule has 8 heavy (non-hydrogen) atoms. The SMILES string of the molecule is CN.NC(=O)CCO. The molecule has 0 unspecified atom stereocenters. The smallest absolute Gasteiger partial charge is 0.219 e. The van der Waals surface area contributed by atoms with E-state index < -0.39 is 5.91 Å². The standard InChI is InChI=1S/C3H7NO2.CH5N/c4-3(6)1-2-5;1-2/h5H,1-2H2,(H2,4,6);2H2,1H3. The van der Waals surface area contributed by atoms with Gasteiger partial charge in [-0.3, -0.25) is 4.79 Å². The summed E-state index contributed by atoms with van der Waals surface area (Å²) in [5, 5.41) is 7.94. The second kappa shape index (κ2) is 9.63. The van der Waals surface area contributed by atoms with Crippen molar-refractivity contribution in [2.24, 2.45) is 11.5 Å². The third-order valence-electron chi connectivity index (χ3n) is 0.358. The van der Waals surface area contributed by atoms with Crippen molar-refractivity contribution < 1.29 is 9.90 Å². The van der Waals surface area contributed by atoms with Gasteiger partial charge in [0.05, 0.1) is 6.61 Å². The zero-order valence-corrected chi connectivity index (χ0v) is 4.92. The van der Waals surface area contributed by atoms with E-state index in [9.17, 15) is 4.79 Å². The minimum absolute atomic E-state index is 0.0694. The van der Waals surface area contributed by atoms with E-state index >= 15 is 0 Å². The molecular weight excluding hydrogens is 108 g/mol. The number of primary amides is 1. The molecule has 0 aliphatic heterocycles. The van der Waals surface area contributed by atoms with E-state index in [0.29, 0.717) is 0 Å². The predicted molar refractivity (Wildman–Crippen MR) is 31.0 cm³/mol. The summed E-state index contributed by atoms with van der Waals surface area (Å²) >= 11 is 0. The Morgan fingerprint density at radius 3 is 2.00 bits per heavy atom. The molecule has 0 bridgehead atoms. The highest BCUT2D eigenvalue weighted by atomic mass is 16.3. The quantitative estimate of drug-likeness (QED) is 0.411. The van der Waals surface area contributed by atoms with Crippen LogP contribution in [0, 0.1) is 0 Å². The highest BCUT2D eigenvalue weighted by molar-refractivity contribution is 5.73. The maximum atomic E-state index is 9.66. The maximum Gasteiger partial charge on any atom is 0.219 e. The molecule has 4 nitrogen and oxygen atoms in total. The van der Waals surface area contributed by atoms with Gasteiger partial charge in [0.15, 0.2) is 0 Å². The largest absolute Gasteiger partial charge is 0.396 e. The van der Waals surface area contributed by atoms with Crippen LogP contribution < -0.4 is 11.5 Å². The molecule has 50 valence electrons. The summed E-state index contributed by atoms with van der Waals surface area (Å²) < 4.78 is 0. The summed E-state index contributed by atoms with van der Waals surface area (Å²) in [6.07, 6.45) is 0.0694. The van der Waals surface area contributed by atoms with Crippen LogP contribution >= 0.6 is 0 Å². The van der Waals surface area contributed by atoms with Gasteiger partial charge in [-0.2, -0.15) is 0 Å². The highest BCUT2D eigenvalue weighted by Gasteiger charge is 1.85. The van der Waals surface area contributed by atoms with Gasteiger partial charge in [0.2, 0.25) is 5.91 Å². The van der Waals surface area contributed by atoms with Crippen LogP contribution in [0.15, 0.2) is 0 Å². The topological polar surface area (TPSA) is 89.3 Å². The Balaban J connectivity index is 0. The number of carbonyl (C=O) groups is 1. The van der Waals surface area contributed by atoms with Crippen molar-refractivity contribution in [3.8, 4) is 0 Å². The molecule has 0 saturated heterocycles. The van der Waals surface area contributed by atoms with Gasteiger partial charge >= 0.3 is 0 Å². The van der Waals surface area contributed by atoms with E-state index in [1.54, 1.807) is 0 Å². The second-order valence-electron chi connectivity index (χ2n) is 0.940. The van der Waals surface area contributed by atoms with Crippen LogP contribution in [0.4, 0.5) is 0 Å². The molecule has 0 radical (unpaired) electrons. The molecule has 0 spiro atoms. The van der Waals surface area contributed by atoms with E-state index in [4.69, 9.17) is 5.11 Å². The molecule has 4 heteroatoms. The van der Waals surface area contributed by atoms with Crippen molar-refractivity contribution in [3.63, 3.8) is 0 Å². The van der Waals surface area contributed by atoms with E-state index in [2.05, 4.69) is 11.5 Å². The Bertz CT molecular complexity index is 56.0. The van der Waals surface area contributed by atoms with Crippen molar-refractivity contribution >= 4 is 5.91 Å². The van der Waals surface area contributed by atoms with Crippen LogP contribution in [0.2, 0.25) is 0 Å². The first-order valence-corrected chi connectivity index (χ1v) is 2.24. The molecule has 0 atom stereocenters. The fourth-order valence-electron chi connectivity index (χ4n) is 0.110. The van der Waals surface area contributed by atoms with Crippen LogP contribution in [0.25, 0.3) is 0 Å². The Morgan fingerprint density at radius 1 is 1.62 bits per heavy atom. The van der Waals surface area contributed by atoms with E-state index in [1.165, 1.54) is 7.05 Å². The third kappa shape index (κ3) is 18.2. The first kappa shape index (κ1) is 10.4. The van der Waals surface area contributed by atoms with Gasteiger partial charge in [-0.15, -0.1) is 0 Å². The summed E-state index contributed by atoms with van der Waals surface area (Å²) in [6.45, 7) is -0.144. The van der Waals surface area contributed by atoms with Crippen LogP contribution in [0.1, 0.15) is 6.42 Å². The molecule has 5 N–H and O–H groups in total. The molecule has 0 aliphatic rings. The summed E-state index contributed by atoms with van der Waals surface area (Å²) in [5.41, 5.74) is 9.10. The average Bonchev–Trinajstić information content (AvgIpc) is 1.72. The number of hydrogen-bond donors (Lipinski definition) is 3. The monoisotopic (exact) mass is 120 g/mol. The molecule has 0 saturated carbocycles. The van der Waals surface area contributed by atoms with Gasteiger partial charge in [-0.25, -0.2) is 0 Å². The molecule has 0 aromatic heterocycles.